The molecule has 0 aliphatic carbocycles. The first-order valence-electron chi connectivity index (χ1n) is 6.20. The molecule has 1 fully saturated rings. The van der Waals surface area contributed by atoms with Gasteiger partial charge in [-0.05, 0) is 31.9 Å². The normalized spacial score (nSPS) is 22.5. The molecule has 1 aliphatic rings. The van der Waals surface area contributed by atoms with Crippen molar-refractivity contribution in [3.8, 4) is 0 Å². The van der Waals surface area contributed by atoms with Gasteiger partial charge in [0.05, 0.1) is 23.7 Å². The summed E-state index contributed by atoms with van der Waals surface area (Å²) in [6.07, 6.45) is 4.58. The second-order valence-electron chi connectivity index (χ2n) is 4.68. The number of piperidine rings is 1. The Morgan fingerprint density at radius 2 is 2.35 bits per heavy atom. The summed E-state index contributed by atoms with van der Waals surface area (Å²) in [4.78, 5) is 6.73. The third kappa shape index (κ3) is 2.96. The molecule has 0 amide bonds. The molecule has 94 valence electrons. The molecule has 0 spiro atoms. The number of pyridine rings is 1. The molecule has 0 bridgehead atoms. The average molecular weight is 235 g/mol. The van der Waals surface area contributed by atoms with E-state index < -0.39 is 0 Å². The van der Waals surface area contributed by atoms with Crippen LogP contribution in [0.2, 0.25) is 0 Å². The zero-order chi connectivity index (χ0) is 12.3. The van der Waals surface area contributed by atoms with Gasteiger partial charge >= 0.3 is 0 Å². The molecule has 1 aromatic rings. The van der Waals surface area contributed by atoms with Crippen LogP contribution in [0.25, 0.3) is 0 Å². The van der Waals surface area contributed by atoms with Crippen LogP contribution in [0.15, 0.2) is 18.3 Å². The van der Waals surface area contributed by atoms with E-state index in [1.54, 1.807) is 7.11 Å². The molecular weight excluding hydrogens is 214 g/mol. The van der Waals surface area contributed by atoms with Crippen molar-refractivity contribution in [2.75, 3.05) is 25.1 Å². The van der Waals surface area contributed by atoms with Gasteiger partial charge in [0.2, 0.25) is 0 Å². The Hall–Kier alpha value is -1.13. The lowest BCUT2D eigenvalue weighted by Gasteiger charge is -2.33. The highest BCUT2D eigenvalue weighted by Gasteiger charge is 2.19. The van der Waals surface area contributed by atoms with Crippen LogP contribution in [0, 0.1) is 0 Å². The van der Waals surface area contributed by atoms with Crippen LogP contribution in [0.5, 0.6) is 0 Å². The van der Waals surface area contributed by atoms with Crippen LogP contribution < -0.4 is 10.6 Å². The number of hydrogen-bond donors (Lipinski definition) is 1. The molecule has 0 aromatic carbocycles. The van der Waals surface area contributed by atoms with Crippen molar-refractivity contribution in [3.05, 3.63) is 24.0 Å². The molecule has 0 saturated carbocycles. The molecule has 1 aliphatic heterocycles. The van der Waals surface area contributed by atoms with Crippen molar-refractivity contribution in [1.82, 2.24) is 4.98 Å². The minimum Gasteiger partial charge on any atom is -0.380 e. The Bertz CT molecular complexity index is 350. The second kappa shape index (κ2) is 5.47. The van der Waals surface area contributed by atoms with Gasteiger partial charge in [0.1, 0.15) is 0 Å². The number of ether oxygens (including phenoxy) is 1. The van der Waals surface area contributed by atoms with E-state index in [1.807, 2.05) is 19.2 Å². The first-order valence-corrected chi connectivity index (χ1v) is 6.20. The van der Waals surface area contributed by atoms with Crippen molar-refractivity contribution >= 4 is 5.69 Å². The van der Waals surface area contributed by atoms with E-state index in [-0.39, 0.29) is 6.04 Å². The van der Waals surface area contributed by atoms with E-state index in [0.29, 0.717) is 6.10 Å². The zero-order valence-electron chi connectivity index (χ0n) is 10.6. The molecule has 17 heavy (non-hydrogen) atoms. The van der Waals surface area contributed by atoms with Gasteiger partial charge < -0.3 is 15.4 Å². The summed E-state index contributed by atoms with van der Waals surface area (Å²) >= 11 is 0. The summed E-state index contributed by atoms with van der Waals surface area (Å²) < 4.78 is 5.42. The van der Waals surface area contributed by atoms with Gasteiger partial charge in [0, 0.05) is 26.2 Å². The van der Waals surface area contributed by atoms with Crippen molar-refractivity contribution in [1.29, 1.82) is 0 Å². The quantitative estimate of drug-likeness (QED) is 0.866. The number of methoxy groups -OCH3 is 1. The summed E-state index contributed by atoms with van der Waals surface area (Å²) in [5, 5.41) is 0. The van der Waals surface area contributed by atoms with Crippen LogP contribution >= 0.6 is 0 Å². The lowest BCUT2D eigenvalue weighted by Crippen LogP contribution is -2.39. The number of anilines is 1. The van der Waals surface area contributed by atoms with E-state index in [9.17, 15) is 0 Å². The average Bonchev–Trinajstić information content (AvgIpc) is 2.39. The Labute approximate surface area is 103 Å². The van der Waals surface area contributed by atoms with Crippen molar-refractivity contribution < 1.29 is 4.74 Å². The first-order chi connectivity index (χ1) is 8.20. The fourth-order valence-corrected chi connectivity index (χ4v) is 2.22. The van der Waals surface area contributed by atoms with E-state index in [4.69, 9.17) is 10.5 Å². The van der Waals surface area contributed by atoms with Gasteiger partial charge in [-0.15, -0.1) is 0 Å². The van der Waals surface area contributed by atoms with E-state index in [2.05, 4.69) is 16.0 Å². The van der Waals surface area contributed by atoms with E-state index in [1.165, 1.54) is 6.42 Å². The Morgan fingerprint density at radius 1 is 1.53 bits per heavy atom. The van der Waals surface area contributed by atoms with Crippen molar-refractivity contribution in [3.63, 3.8) is 0 Å². The van der Waals surface area contributed by atoms with Crippen LogP contribution in [0.4, 0.5) is 5.69 Å². The third-order valence-corrected chi connectivity index (χ3v) is 3.31. The molecule has 2 atom stereocenters. The highest BCUT2D eigenvalue weighted by atomic mass is 16.5. The minimum absolute atomic E-state index is 0.00266. The summed E-state index contributed by atoms with van der Waals surface area (Å²) in [6, 6.07) is 4.11. The molecule has 0 radical (unpaired) electrons. The molecule has 4 nitrogen and oxygen atoms in total. The largest absolute Gasteiger partial charge is 0.380 e. The predicted molar refractivity (Wildman–Crippen MR) is 69.1 cm³/mol. The number of nitrogens with two attached hydrogens (primary N) is 1. The first kappa shape index (κ1) is 12.3. The standard InChI is InChI=1S/C13H21N3O/c1-10(14)13-6-5-11(8-15-13)16-7-3-4-12(9-16)17-2/h5-6,8,10,12H,3-4,7,9,14H2,1-2H3. The maximum absolute atomic E-state index is 5.79. The van der Waals surface area contributed by atoms with Gasteiger partial charge in [-0.2, -0.15) is 0 Å². The summed E-state index contributed by atoms with van der Waals surface area (Å²) in [5.41, 5.74) is 7.89. The van der Waals surface area contributed by atoms with Crippen LogP contribution in [0.1, 0.15) is 31.5 Å². The van der Waals surface area contributed by atoms with Gasteiger partial charge in [-0.1, -0.05) is 0 Å². The smallest absolute Gasteiger partial charge is 0.0746 e. The number of aromatic nitrogens is 1. The molecule has 2 rings (SSSR count). The summed E-state index contributed by atoms with van der Waals surface area (Å²) in [7, 11) is 1.78. The van der Waals surface area contributed by atoms with Gasteiger partial charge in [0.25, 0.3) is 0 Å². The third-order valence-electron chi connectivity index (χ3n) is 3.31. The van der Waals surface area contributed by atoms with Crippen molar-refractivity contribution in [2.45, 2.75) is 31.9 Å². The number of rotatable bonds is 3. The predicted octanol–water partition coefficient (Wildman–Crippen LogP) is 1.72. The molecule has 1 saturated heterocycles. The Kier molecular flexibility index (Phi) is 3.97. The number of nitrogens with zero attached hydrogens (tertiary/aromatic N) is 2. The Morgan fingerprint density at radius 3 is 2.94 bits per heavy atom. The van der Waals surface area contributed by atoms with Crippen molar-refractivity contribution in [2.24, 2.45) is 5.73 Å². The highest BCUT2D eigenvalue weighted by Crippen LogP contribution is 2.21. The molecular formula is C13H21N3O. The fourth-order valence-electron chi connectivity index (χ4n) is 2.22. The SMILES string of the molecule is COC1CCCN(c2ccc(C(C)N)nc2)C1. The monoisotopic (exact) mass is 235 g/mol. The van der Waals surface area contributed by atoms with Gasteiger partial charge in [-0.25, -0.2) is 0 Å². The molecule has 2 N–H and O–H groups in total. The summed E-state index contributed by atoms with van der Waals surface area (Å²) in [5.74, 6) is 0. The highest BCUT2D eigenvalue weighted by molar-refractivity contribution is 5.45. The maximum atomic E-state index is 5.79. The van der Waals surface area contributed by atoms with Crippen LogP contribution in [-0.2, 0) is 4.74 Å². The van der Waals surface area contributed by atoms with Crippen LogP contribution in [-0.4, -0.2) is 31.3 Å². The fraction of sp³-hybridized carbons (Fsp3) is 0.615. The zero-order valence-corrected chi connectivity index (χ0v) is 10.6. The molecule has 4 heteroatoms. The lowest BCUT2D eigenvalue weighted by atomic mass is 10.1. The lowest BCUT2D eigenvalue weighted by molar-refractivity contribution is 0.0893. The second-order valence-corrected chi connectivity index (χ2v) is 4.68. The topological polar surface area (TPSA) is 51.4 Å². The van der Waals surface area contributed by atoms with E-state index in [0.717, 1.165) is 30.9 Å². The minimum atomic E-state index is -0.00266. The molecule has 1 aromatic heterocycles. The van der Waals surface area contributed by atoms with E-state index >= 15 is 0 Å². The van der Waals surface area contributed by atoms with Crippen LogP contribution in [0.3, 0.4) is 0 Å². The van der Waals surface area contributed by atoms with Gasteiger partial charge in [0.15, 0.2) is 0 Å². The number of hydrogen-bond acceptors (Lipinski definition) is 4. The maximum Gasteiger partial charge on any atom is 0.0746 e. The molecule has 2 unspecified atom stereocenters. The van der Waals surface area contributed by atoms with Gasteiger partial charge in [-0.3, -0.25) is 4.98 Å². The summed E-state index contributed by atoms with van der Waals surface area (Å²) in [6.45, 7) is 3.98. The molecule has 2 heterocycles. The Balaban J connectivity index is 2.06.